The van der Waals surface area contributed by atoms with Crippen LogP contribution in [0.3, 0.4) is 0 Å². The molecule has 1 aromatic rings. The monoisotopic (exact) mass is 223 g/mol. The van der Waals surface area contributed by atoms with Crippen molar-refractivity contribution in [2.45, 2.75) is 24.8 Å². The highest BCUT2D eigenvalue weighted by Gasteiger charge is 2.44. The number of sulfonamides is 1. The molecule has 3 nitrogen and oxygen atoms in total. The molecule has 0 N–H and O–H groups in total. The zero-order valence-electron chi connectivity index (χ0n) is 8.77. The van der Waals surface area contributed by atoms with Crippen molar-refractivity contribution in [3.8, 4) is 0 Å². The minimum absolute atomic E-state index is 0.0590. The van der Waals surface area contributed by atoms with Crippen LogP contribution >= 0.6 is 0 Å². The van der Waals surface area contributed by atoms with E-state index in [1.165, 1.54) is 4.31 Å². The second-order valence-electron chi connectivity index (χ2n) is 3.78. The zero-order valence-corrected chi connectivity index (χ0v) is 9.58. The second kappa shape index (κ2) is 3.10. The molecular formula is C11H13NO2S. The Morgan fingerprint density at radius 1 is 1.27 bits per heavy atom. The fourth-order valence-electron chi connectivity index (χ4n) is 1.51. The number of rotatable bonds is 2. The normalized spacial score (nSPS) is 20.5. The van der Waals surface area contributed by atoms with Crippen molar-refractivity contribution in [3.63, 3.8) is 0 Å². The Bertz CT molecular complexity index is 502. The molecule has 1 aliphatic rings. The van der Waals surface area contributed by atoms with Gasteiger partial charge < -0.3 is 0 Å². The molecule has 0 saturated carbocycles. The first-order valence-electron chi connectivity index (χ1n) is 4.74. The van der Waals surface area contributed by atoms with Crippen molar-refractivity contribution < 1.29 is 8.42 Å². The SMILES string of the molecule is C=C1C(C)N1S(=O)(=O)c1ccc(C)cc1. The molecule has 0 aromatic heterocycles. The van der Waals surface area contributed by atoms with Crippen LogP contribution in [-0.2, 0) is 10.0 Å². The summed E-state index contributed by atoms with van der Waals surface area (Å²) in [6, 6.07) is 6.79. The van der Waals surface area contributed by atoms with E-state index in [4.69, 9.17) is 0 Å². The third kappa shape index (κ3) is 1.55. The molecule has 1 unspecified atom stereocenters. The number of aryl methyl sites for hydroxylation is 1. The molecule has 80 valence electrons. The Hall–Kier alpha value is -1.29. The van der Waals surface area contributed by atoms with Gasteiger partial charge in [0, 0.05) is 5.70 Å². The number of hydrogen-bond donors (Lipinski definition) is 0. The molecule has 1 atom stereocenters. The summed E-state index contributed by atoms with van der Waals surface area (Å²) in [6.45, 7) is 7.44. The van der Waals surface area contributed by atoms with Crippen molar-refractivity contribution in [2.75, 3.05) is 0 Å². The van der Waals surface area contributed by atoms with E-state index in [2.05, 4.69) is 6.58 Å². The van der Waals surface area contributed by atoms with Gasteiger partial charge in [-0.2, -0.15) is 0 Å². The maximum Gasteiger partial charge on any atom is 0.264 e. The molecule has 1 heterocycles. The van der Waals surface area contributed by atoms with Crippen LogP contribution in [0.2, 0.25) is 0 Å². The average Bonchev–Trinajstić information content (AvgIpc) is 2.76. The first-order chi connectivity index (χ1) is 6.94. The Kier molecular flexibility index (Phi) is 2.12. The van der Waals surface area contributed by atoms with Gasteiger partial charge in [0.15, 0.2) is 0 Å². The molecule has 0 spiro atoms. The van der Waals surface area contributed by atoms with Gasteiger partial charge in [0.1, 0.15) is 0 Å². The molecule has 2 rings (SSSR count). The smallest absolute Gasteiger partial charge is 0.260 e. The van der Waals surface area contributed by atoms with E-state index in [1.54, 1.807) is 24.3 Å². The largest absolute Gasteiger partial charge is 0.264 e. The zero-order chi connectivity index (χ0) is 11.2. The van der Waals surface area contributed by atoms with Gasteiger partial charge in [-0.3, -0.25) is 4.31 Å². The van der Waals surface area contributed by atoms with Gasteiger partial charge in [0.2, 0.25) is 0 Å². The molecule has 15 heavy (non-hydrogen) atoms. The number of nitrogens with zero attached hydrogens (tertiary/aromatic N) is 1. The predicted octanol–water partition coefficient (Wildman–Crippen LogP) is 1.90. The maximum absolute atomic E-state index is 12.0. The molecule has 1 fully saturated rings. The van der Waals surface area contributed by atoms with E-state index in [0.29, 0.717) is 10.6 Å². The second-order valence-corrected chi connectivity index (χ2v) is 5.60. The lowest BCUT2D eigenvalue weighted by molar-refractivity contribution is 0.558. The fourth-order valence-corrected chi connectivity index (χ4v) is 3.17. The topological polar surface area (TPSA) is 37.1 Å². The minimum atomic E-state index is -3.35. The van der Waals surface area contributed by atoms with Gasteiger partial charge in [0.25, 0.3) is 10.0 Å². The van der Waals surface area contributed by atoms with Crippen LogP contribution in [-0.4, -0.2) is 18.8 Å². The van der Waals surface area contributed by atoms with Crippen LogP contribution in [0.25, 0.3) is 0 Å². The Balaban J connectivity index is 2.39. The van der Waals surface area contributed by atoms with Gasteiger partial charge in [-0.1, -0.05) is 24.3 Å². The highest BCUT2D eigenvalue weighted by Crippen LogP contribution is 2.37. The minimum Gasteiger partial charge on any atom is -0.260 e. The van der Waals surface area contributed by atoms with Crippen molar-refractivity contribution >= 4 is 10.0 Å². The van der Waals surface area contributed by atoms with E-state index in [-0.39, 0.29) is 6.04 Å². The van der Waals surface area contributed by atoms with E-state index >= 15 is 0 Å². The lowest BCUT2D eigenvalue weighted by Gasteiger charge is -2.05. The lowest BCUT2D eigenvalue weighted by atomic mass is 10.2. The van der Waals surface area contributed by atoms with Crippen molar-refractivity contribution in [3.05, 3.63) is 42.1 Å². The molecule has 1 saturated heterocycles. The Morgan fingerprint density at radius 3 is 2.13 bits per heavy atom. The standard InChI is InChI=1S/C11H13NO2S/c1-8-4-6-11(7-5-8)15(13,14)12-9(2)10(12)3/h4-7,10H,2H2,1,3H3. The van der Waals surface area contributed by atoms with Gasteiger partial charge in [-0.05, 0) is 26.0 Å². The Labute approximate surface area is 90.1 Å². The van der Waals surface area contributed by atoms with Crippen LogP contribution < -0.4 is 0 Å². The van der Waals surface area contributed by atoms with Gasteiger partial charge in [-0.15, -0.1) is 0 Å². The summed E-state index contributed by atoms with van der Waals surface area (Å²) < 4.78 is 25.3. The lowest BCUT2D eigenvalue weighted by Crippen LogP contribution is -2.13. The first kappa shape index (κ1) is 10.2. The molecule has 4 heteroatoms. The molecule has 0 bridgehead atoms. The summed E-state index contributed by atoms with van der Waals surface area (Å²) in [5.74, 6) is 0. The molecule has 0 aliphatic carbocycles. The Morgan fingerprint density at radius 2 is 1.73 bits per heavy atom. The molecule has 0 radical (unpaired) electrons. The third-order valence-corrected chi connectivity index (χ3v) is 4.56. The summed E-state index contributed by atoms with van der Waals surface area (Å²) in [5, 5.41) is 0. The van der Waals surface area contributed by atoms with E-state index < -0.39 is 10.0 Å². The van der Waals surface area contributed by atoms with Crippen molar-refractivity contribution in [1.82, 2.24) is 4.31 Å². The third-order valence-electron chi connectivity index (χ3n) is 2.63. The predicted molar refractivity (Wildman–Crippen MR) is 58.8 cm³/mol. The van der Waals surface area contributed by atoms with Crippen LogP contribution in [0, 0.1) is 6.92 Å². The maximum atomic E-state index is 12.0. The highest BCUT2D eigenvalue weighted by molar-refractivity contribution is 7.89. The molecule has 0 amide bonds. The number of benzene rings is 1. The summed E-state index contributed by atoms with van der Waals surface area (Å²) >= 11 is 0. The molecule has 1 aromatic carbocycles. The average molecular weight is 223 g/mol. The summed E-state index contributed by atoms with van der Waals surface area (Å²) in [5.41, 5.74) is 1.71. The van der Waals surface area contributed by atoms with E-state index in [9.17, 15) is 8.42 Å². The van der Waals surface area contributed by atoms with Crippen LogP contribution in [0.5, 0.6) is 0 Å². The van der Waals surface area contributed by atoms with Crippen LogP contribution in [0.4, 0.5) is 0 Å². The highest BCUT2D eigenvalue weighted by atomic mass is 32.2. The summed E-state index contributed by atoms with van der Waals surface area (Å²) in [7, 11) is -3.35. The van der Waals surface area contributed by atoms with Crippen LogP contribution in [0.15, 0.2) is 41.4 Å². The molecular weight excluding hydrogens is 210 g/mol. The van der Waals surface area contributed by atoms with Gasteiger partial charge in [-0.25, -0.2) is 8.42 Å². The fraction of sp³-hybridized carbons (Fsp3) is 0.273. The van der Waals surface area contributed by atoms with Crippen molar-refractivity contribution in [2.24, 2.45) is 0 Å². The summed E-state index contributed by atoms with van der Waals surface area (Å²) in [6.07, 6.45) is 0. The van der Waals surface area contributed by atoms with E-state index in [1.807, 2.05) is 13.8 Å². The van der Waals surface area contributed by atoms with Crippen LogP contribution in [0.1, 0.15) is 12.5 Å². The van der Waals surface area contributed by atoms with Gasteiger partial charge in [0.05, 0.1) is 10.9 Å². The van der Waals surface area contributed by atoms with Crippen molar-refractivity contribution in [1.29, 1.82) is 0 Å². The first-order valence-corrected chi connectivity index (χ1v) is 6.18. The summed E-state index contributed by atoms with van der Waals surface area (Å²) in [4.78, 5) is 0.332. The van der Waals surface area contributed by atoms with Gasteiger partial charge >= 0.3 is 0 Å². The van der Waals surface area contributed by atoms with E-state index in [0.717, 1.165) is 5.56 Å². The molecule has 1 aliphatic heterocycles. The quantitative estimate of drug-likeness (QED) is 0.718. The number of hydrogen-bond acceptors (Lipinski definition) is 2.